The minimum Gasteiger partial charge on any atom is -0.497 e. The summed E-state index contributed by atoms with van der Waals surface area (Å²) in [5, 5.41) is 9.42. The minimum atomic E-state index is -0.959. The first-order valence-corrected chi connectivity index (χ1v) is 9.01. The Bertz CT molecular complexity index is 942. The maximum atomic E-state index is 12.0. The summed E-state index contributed by atoms with van der Waals surface area (Å²) in [6.45, 7) is 3.28. The fourth-order valence-corrected chi connectivity index (χ4v) is 2.44. The lowest BCUT2D eigenvalue weighted by Gasteiger charge is -2.09. The Morgan fingerprint density at radius 2 is 1.72 bits per heavy atom. The third kappa shape index (κ3) is 6.62. The maximum Gasteiger partial charge on any atom is 0.329 e. The number of ether oxygens (including phenoxy) is 1. The number of carbonyl (C=O) groups is 3. The van der Waals surface area contributed by atoms with Crippen LogP contribution in [0.25, 0.3) is 0 Å². The lowest BCUT2D eigenvalue weighted by Crippen LogP contribution is -2.33. The zero-order chi connectivity index (χ0) is 21.4. The molecule has 3 amide bonds. The van der Waals surface area contributed by atoms with E-state index in [1.807, 2.05) is 0 Å². The minimum absolute atomic E-state index is 0.0542. The summed E-state index contributed by atoms with van der Waals surface area (Å²) in [7, 11) is 1.55. The molecule has 0 aliphatic heterocycles. The summed E-state index contributed by atoms with van der Waals surface area (Å²) in [5.41, 5.74) is 4.13. The normalized spacial score (nSPS) is 10.8. The van der Waals surface area contributed by atoms with E-state index in [9.17, 15) is 14.4 Å². The second-order valence-corrected chi connectivity index (χ2v) is 6.52. The third-order valence-electron chi connectivity index (χ3n) is 3.86. The van der Waals surface area contributed by atoms with Crippen molar-refractivity contribution < 1.29 is 19.1 Å². The number of anilines is 2. The van der Waals surface area contributed by atoms with E-state index >= 15 is 0 Å². The SMILES string of the molecule is COc1ccc(NC(=O)C/C(C)=N/NC(=O)C(=O)Nc2cccc(Cl)c2C)cc1. The van der Waals surface area contributed by atoms with Gasteiger partial charge in [0.2, 0.25) is 5.91 Å². The second-order valence-electron chi connectivity index (χ2n) is 6.11. The van der Waals surface area contributed by atoms with Crippen molar-refractivity contribution in [2.75, 3.05) is 17.7 Å². The predicted octanol–water partition coefficient (Wildman–Crippen LogP) is 3.12. The first-order chi connectivity index (χ1) is 13.8. The second kappa shape index (κ2) is 10.2. The highest BCUT2D eigenvalue weighted by molar-refractivity contribution is 6.40. The number of hydrogen-bond acceptors (Lipinski definition) is 5. The molecule has 0 radical (unpaired) electrons. The molecule has 9 heteroatoms. The molecule has 8 nitrogen and oxygen atoms in total. The molecule has 3 N–H and O–H groups in total. The molecule has 0 bridgehead atoms. The molecule has 29 heavy (non-hydrogen) atoms. The van der Waals surface area contributed by atoms with Gasteiger partial charge in [-0.05, 0) is 55.8 Å². The molecule has 0 unspecified atom stereocenters. The van der Waals surface area contributed by atoms with Gasteiger partial charge in [0.25, 0.3) is 0 Å². The fourth-order valence-electron chi connectivity index (χ4n) is 2.27. The van der Waals surface area contributed by atoms with E-state index in [-0.39, 0.29) is 12.3 Å². The van der Waals surface area contributed by atoms with Crippen LogP contribution in [0.5, 0.6) is 5.75 Å². The quantitative estimate of drug-likeness (QED) is 0.382. The van der Waals surface area contributed by atoms with E-state index in [0.717, 1.165) is 0 Å². The smallest absolute Gasteiger partial charge is 0.329 e. The molecule has 0 spiro atoms. The van der Waals surface area contributed by atoms with Crippen LogP contribution in [0.3, 0.4) is 0 Å². The average Bonchev–Trinajstić information content (AvgIpc) is 2.70. The summed E-state index contributed by atoms with van der Waals surface area (Å²) in [6.07, 6.45) is -0.0542. The molecule has 0 aliphatic carbocycles. The zero-order valence-electron chi connectivity index (χ0n) is 16.2. The van der Waals surface area contributed by atoms with Crippen molar-refractivity contribution in [2.24, 2.45) is 5.10 Å². The van der Waals surface area contributed by atoms with Gasteiger partial charge in [0.15, 0.2) is 0 Å². The van der Waals surface area contributed by atoms with E-state index in [4.69, 9.17) is 16.3 Å². The molecule has 0 aliphatic rings. The van der Waals surface area contributed by atoms with Crippen LogP contribution in [0, 0.1) is 6.92 Å². The van der Waals surface area contributed by atoms with Gasteiger partial charge in [-0.1, -0.05) is 17.7 Å². The first kappa shape index (κ1) is 21.9. The molecule has 0 saturated carbocycles. The first-order valence-electron chi connectivity index (χ1n) is 8.63. The van der Waals surface area contributed by atoms with Crippen LogP contribution >= 0.6 is 11.6 Å². The summed E-state index contributed by atoms with van der Waals surface area (Å²) < 4.78 is 5.05. The number of halogens is 1. The van der Waals surface area contributed by atoms with E-state index in [1.165, 1.54) is 0 Å². The molecule has 2 rings (SSSR count). The Hall–Kier alpha value is -3.39. The highest BCUT2D eigenvalue weighted by atomic mass is 35.5. The van der Waals surface area contributed by atoms with E-state index in [1.54, 1.807) is 63.4 Å². The molecule has 2 aromatic rings. The van der Waals surface area contributed by atoms with Gasteiger partial charge in [0.1, 0.15) is 5.75 Å². The Morgan fingerprint density at radius 3 is 2.38 bits per heavy atom. The van der Waals surface area contributed by atoms with Crippen molar-refractivity contribution in [3.63, 3.8) is 0 Å². The van der Waals surface area contributed by atoms with Gasteiger partial charge >= 0.3 is 11.8 Å². The van der Waals surface area contributed by atoms with Gasteiger partial charge in [0, 0.05) is 22.1 Å². The Balaban J connectivity index is 1.85. The number of methoxy groups -OCH3 is 1. The number of carbonyl (C=O) groups excluding carboxylic acids is 3. The molecule has 152 valence electrons. The largest absolute Gasteiger partial charge is 0.497 e. The van der Waals surface area contributed by atoms with Crippen LogP contribution in [-0.2, 0) is 14.4 Å². The van der Waals surface area contributed by atoms with E-state index in [0.29, 0.717) is 33.4 Å². The van der Waals surface area contributed by atoms with Gasteiger partial charge < -0.3 is 15.4 Å². The Labute approximate surface area is 173 Å². The maximum absolute atomic E-state index is 12.0. The summed E-state index contributed by atoms with van der Waals surface area (Å²) in [4.78, 5) is 35.9. The molecule has 0 fully saturated rings. The molecule has 0 aromatic heterocycles. The van der Waals surface area contributed by atoms with Crippen molar-refractivity contribution in [1.29, 1.82) is 0 Å². The van der Waals surface area contributed by atoms with Crippen molar-refractivity contribution in [3.05, 3.63) is 53.1 Å². The van der Waals surface area contributed by atoms with Crippen LogP contribution in [0.15, 0.2) is 47.6 Å². The van der Waals surface area contributed by atoms with Gasteiger partial charge in [-0.25, -0.2) is 5.43 Å². The van der Waals surface area contributed by atoms with Gasteiger partial charge in [0.05, 0.1) is 13.5 Å². The number of nitrogens with one attached hydrogen (secondary N) is 3. The van der Waals surface area contributed by atoms with Gasteiger partial charge in [-0.3, -0.25) is 14.4 Å². The highest BCUT2D eigenvalue weighted by Gasteiger charge is 2.15. The lowest BCUT2D eigenvalue weighted by molar-refractivity contribution is -0.136. The van der Waals surface area contributed by atoms with Crippen LogP contribution in [0.2, 0.25) is 5.02 Å². The monoisotopic (exact) mass is 416 g/mol. The number of benzene rings is 2. The average molecular weight is 417 g/mol. The summed E-state index contributed by atoms with van der Waals surface area (Å²) in [5.74, 6) is -1.49. The zero-order valence-corrected chi connectivity index (χ0v) is 17.0. The van der Waals surface area contributed by atoms with Crippen LogP contribution < -0.4 is 20.8 Å². The Kier molecular flexibility index (Phi) is 7.73. The van der Waals surface area contributed by atoms with Crippen LogP contribution in [-0.4, -0.2) is 30.5 Å². The molecular formula is C20H21ClN4O4. The number of amides is 3. The van der Waals surface area contributed by atoms with Gasteiger partial charge in [-0.15, -0.1) is 0 Å². The van der Waals surface area contributed by atoms with E-state index in [2.05, 4.69) is 21.2 Å². The predicted molar refractivity (Wildman–Crippen MR) is 112 cm³/mol. The molecule has 0 saturated heterocycles. The summed E-state index contributed by atoms with van der Waals surface area (Å²) in [6, 6.07) is 11.8. The Morgan fingerprint density at radius 1 is 1.03 bits per heavy atom. The van der Waals surface area contributed by atoms with Crippen molar-refractivity contribution in [3.8, 4) is 5.75 Å². The van der Waals surface area contributed by atoms with Crippen LogP contribution in [0.1, 0.15) is 18.9 Å². The molecule has 2 aromatic carbocycles. The van der Waals surface area contributed by atoms with Crippen molar-refractivity contribution in [1.82, 2.24) is 5.43 Å². The van der Waals surface area contributed by atoms with Crippen molar-refractivity contribution >= 4 is 46.4 Å². The topological polar surface area (TPSA) is 109 Å². The van der Waals surface area contributed by atoms with E-state index < -0.39 is 11.8 Å². The number of nitrogens with zero attached hydrogens (tertiary/aromatic N) is 1. The standard InChI is InChI=1S/C20H21ClN4O4/c1-12(11-18(26)22-14-7-9-15(29-3)10-8-14)24-25-20(28)19(27)23-17-6-4-5-16(21)13(17)2/h4-10H,11H2,1-3H3,(H,22,26)(H,23,27)(H,25,28)/b24-12+. The molecular weight excluding hydrogens is 396 g/mol. The number of rotatable bonds is 6. The van der Waals surface area contributed by atoms with Gasteiger partial charge in [-0.2, -0.15) is 5.10 Å². The number of hydrazone groups is 1. The van der Waals surface area contributed by atoms with Crippen molar-refractivity contribution in [2.45, 2.75) is 20.3 Å². The molecule has 0 heterocycles. The lowest BCUT2D eigenvalue weighted by atomic mass is 10.2. The molecule has 0 atom stereocenters. The summed E-state index contributed by atoms with van der Waals surface area (Å²) >= 11 is 5.98. The number of hydrogen-bond donors (Lipinski definition) is 3. The van der Waals surface area contributed by atoms with Crippen LogP contribution in [0.4, 0.5) is 11.4 Å². The highest BCUT2D eigenvalue weighted by Crippen LogP contribution is 2.22. The fraction of sp³-hybridized carbons (Fsp3) is 0.200. The third-order valence-corrected chi connectivity index (χ3v) is 4.27.